The lowest BCUT2D eigenvalue weighted by Gasteiger charge is -2.26. The first-order valence-electron chi connectivity index (χ1n) is 7.36. The molecule has 1 aliphatic heterocycles. The quantitative estimate of drug-likeness (QED) is 0.814. The fourth-order valence-corrected chi connectivity index (χ4v) is 2.74. The summed E-state index contributed by atoms with van der Waals surface area (Å²) in [6.07, 6.45) is 4.50. The smallest absolute Gasteiger partial charge is 0.290 e. The van der Waals surface area contributed by atoms with E-state index in [1.165, 1.54) is 24.3 Å². The molecule has 2 aromatic heterocycles. The van der Waals surface area contributed by atoms with Crippen molar-refractivity contribution in [1.82, 2.24) is 9.88 Å². The number of aliphatic hydroxyl groups is 1. The first-order valence-corrected chi connectivity index (χ1v) is 7.36. The minimum absolute atomic E-state index is 0.00254. The van der Waals surface area contributed by atoms with Crippen LogP contribution >= 0.6 is 0 Å². The first-order chi connectivity index (χ1) is 11.6. The number of rotatable bonds is 6. The molecule has 0 saturated heterocycles. The van der Waals surface area contributed by atoms with Crippen LogP contribution in [0, 0.1) is 0 Å². The molecule has 1 amide bonds. The van der Waals surface area contributed by atoms with Gasteiger partial charge >= 0.3 is 0 Å². The summed E-state index contributed by atoms with van der Waals surface area (Å²) in [5.41, 5.74) is 0.672. The maximum atomic E-state index is 12.7. The van der Waals surface area contributed by atoms with Crippen molar-refractivity contribution in [1.29, 1.82) is 0 Å². The van der Waals surface area contributed by atoms with Crippen molar-refractivity contribution >= 4 is 11.7 Å². The van der Waals surface area contributed by atoms with Crippen LogP contribution in [0.2, 0.25) is 0 Å². The summed E-state index contributed by atoms with van der Waals surface area (Å²) in [7, 11) is 1.52. The van der Waals surface area contributed by atoms with Gasteiger partial charge in [-0.3, -0.25) is 14.6 Å². The van der Waals surface area contributed by atoms with E-state index in [1.807, 2.05) is 0 Å². The summed E-state index contributed by atoms with van der Waals surface area (Å²) in [6.45, 7) is 0.518. The van der Waals surface area contributed by atoms with Gasteiger partial charge in [-0.15, -0.1) is 0 Å². The highest BCUT2D eigenvalue weighted by molar-refractivity contribution is 6.14. The standard InChI is InChI=1S/C17H16N2O5/c1-23-10-8-19-14(11-4-6-18-7-5-11)13(16(21)17(19)22)15(20)12-3-2-9-24-12/h2-7,9,14,21H,8,10H2,1H3. The molecular weight excluding hydrogens is 312 g/mol. The van der Waals surface area contributed by atoms with E-state index >= 15 is 0 Å². The SMILES string of the molecule is COCCN1C(=O)C(O)=C(C(=O)c2ccco2)C1c1ccncc1. The average molecular weight is 328 g/mol. The summed E-state index contributed by atoms with van der Waals surface area (Å²) in [4.78, 5) is 30.5. The number of carbonyl (C=O) groups excluding carboxylic acids is 2. The topological polar surface area (TPSA) is 92.9 Å². The van der Waals surface area contributed by atoms with Crippen molar-refractivity contribution < 1.29 is 23.8 Å². The van der Waals surface area contributed by atoms with E-state index in [1.54, 1.807) is 30.6 Å². The fraction of sp³-hybridized carbons (Fsp3) is 0.235. The van der Waals surface area contributed by atoms with Gasteiger partial charge in [0.1, 0.15) is 0 Å². The molecule has 124 valence electrons. The highest BCUT2D eigenvalue weighted by Gasteiger charge is 2.44. The van der Waals surface area contributed by atoms with E-state index in [9.17, 15) is 14.7 Å². The van der Waals surface area contributed by atoms with E-state index < -0.39 is 23.5 Å². The van der Waals surface area contributed by atoms with Crippen molar-refractivity contribution in [2.24, 2.45) is 0 Å². The molecule has 1 unspecified atom stereocenters. The summed E-state index contributed by atoms with van der Waals surface area (Å²) in [6, 6.07) is 5.76. The highest BCUT2D eigenvalue weighted by atomic mass is 16.5. The molecule has 0 fully saturated rings. The van der Waals surface area contributed by atoms with Crippen LogP contribution < -0.4 is 0 Å². The molecule has 0 aliphatic carbocycles. The molecule has 2 aromatic rings. The second-order valence-corrected chi connectivity index (χ2v) is 5.24. The number of furan rings is 1. The molecule has 0 aromatic carbocycles. The minimum atomic E-state index is -0.715. The van der Waals surface area contributed by atoms with E-state index in [2.05, 4.69) is 4.98 Å². The number of ketones is 1. The summed E-state index contributed by atoms with van der Waals surface area (Å²) in [5.74, 6) is -1.62. The van der Waals surface area contributed by atoms with Crippen LogP contribution in [0.25, 0.3) is 0 Å². The number of Topliss-reactive ketones (excluding diaryl/α,β-unsaturated/α-hetero) is 1. The minimum Gasteiger partial charge on any atom is -0.503 e. The van der Waals surface area contributed by atoms with Gasteiger partial charge in [-0.25, -0.2) is 0 Å². The third-order valence-corrected chi connectivity index (χ3v) is 3.85. The molecule has 0 saturated carbocycles. The summed E-state index contributed by atoms with van der Waals surface area (Å²) < 4.78 is 10.2. The molecule has 7 nitrogen and oxygen atoms in total. The van der Waals surface area contributed by atoms with E-state index in [0.29, 0.717) is 5.56 Å². The van der Waals surface area contributed by atoms with Gasteiger partial charge in [0, 0.05) is 26.0 Å². The Bertz CT molecular complexity index is 768. The molecule has 0 bridgehead atoms. The second kappa shape index (κ2) is 6.67. The molecule has 1 aliphatic rings. The molecule has 7 heteroatoms. The van der Waals surface area contributed by atoms with Gasteiger partial charge in [0.2, 0.25) is 5.78 Å². The van der Waals surface area contributed by atoms with Gasteiger partial charge in [-0.1, -0.05) is 0 Å². The number of methoxy groups -OCH3 is 1. The van der Waals surface area contributed by atoms with Crippen LogP contribution in [0.4, 0.5) is 0 Å². The molecule has 0 radical (unpaired) electrons. The van der Waals surface area contributed by atoms with Crippen molar-refractivity contribution in [3.8, 4) is 0 Å². The van der Waals surface area contributed by atoms with Gasteiger partial charge in [-0.2, -0.15) is 0 Å². The Morgan fingerprint density at radius 3 is 2.75 bits per heavy atom. The molecule has 24 heavy (non-hydrogen) atoms. The number of amides is 1. The maximum Gasteiger partial charge on any atom is 0.290 e. The Hall–Kier alpha value is -2.93. The zero-order valence-corrected chi connectivity index (χ0v) is 13.0. The zero-order chi connectivity index (χ0) is 17.1. The number of hydrogen-bond donors (Lipinski definition) is 1. The maximum absolute atomic E-state index is 12.7. The third-order valence-electron chi connectivity index (χ3n) is 3.85. The monoisotopic (exact) mass is 328 g/mol. The highest BCUT2D eigenvalue weighted by Crippen LogP contribution is 2.38. The number of aliphatic hydroxyl groups excluding tert-OH is 1. The van der Waals surface area contributed by atoms with Gasteiger partial charge in [0.15, 0.2) is 11.5 Å². The number of aromatic nitrogens is 1. The number of nitrogens with zero attached hydrogens (tertiary/aromatic N) is 2. The normalized spacial score (nSPS) is 17.6. The molecule has 0 spiro atoms. The third kappa shape index (κ3) is 2.69. The number of hydrogen-bond acceptors (Lipinski definition) is 6. The molecule has 3 rings (SSSR count). The molecule has 1 atom stereocenters. The van der Waals surface area contributed by atoms with Crippen LogP contribution in [0.5, 0.6) is 0 Å². The Kier molecular flexibility index (Phi) is 4.43. The lowest BCUT2D eigenvalue weighted by atomic mass is 9.96. The van der Waals surface area contributed by atoms with E-state index in [4.69, 9.17) is 9.15 Å². The van der Waals surface area contributed by atoms with Gasteiger partial charge < -0.3 is 19.2 Å². The lowest BCUT2D eigenvalue weighted by molar-refractivity contribution is -0.130. The van der Waals surface area contributed by atoms with Gasteiger partial charge in [-0.05, 0) is 29.8 Å². The van der Waals surface area contributed by atoms with Crippen LogP contribution in [-0.4, -0.2) is 46.9 Å². The van der Waals surface area contributed by atoms with Crippen LogP contribution in [0.15, 0.2) is 58.7 Å². The largest absolute Gasteiger partial charge is 0.503 e. The number of pyridine rings is 1. The number of ether oxygens (including phenoxy) is 1. The number of carbonyl (C=O) groups is 2. The Morgan fingerprint density at radius 2 is 2.12 bits per heavy atom. The van der Waals surface area contributed by atoms with Crippen LogP contribution in [-0.2, 0) is 9.53 Å². The predicted octanol–water partition coefficient (Wildman–Crippen LogP) is 1.90. The zero-order valence-electron chi connectivity index (χ0n) is 13.0. The second-order valence-electron chi connectivity index (χ2n) is 5.24. The van der Waals surface area contributed by atoms with Crippen molar-refractivity contribution in [2.45, 2.75) is 6.04 Å². The first kappa shape index (κ1) is 15.9. The van der Waals surface area contributed by atoms with Gasteiger partial charge in [0.25, 0.3) is 5.91 Å². The van der Waals surface area contributed by atoms with Crippen LogP contribution in [0.3, 0.4) is 0 Å². The van der Waals surface area contributed by atoms with Gasteiger partial charge in [0.05, 0.1) is 24.5 Å². The van der Waals surface area contributed by atoms with Crippen molar-refractivity contribution in [3.05, 3.63) is 65.6 Å². The Balaban J connectivity index is 2.06. The van der Waals surface area contributed by atoms with Crippen molar-refractivity contribution in [2.75, 3.05) is 20.3 Å². The van der Waals surface area contributed by atoms with E-state index in [-0.39, 0.29) is 24.5 Å². The predicted molar refractivity (Wildman–Crippen MR) is 83.3 cm³/mol. The average Bonchev–Trinajstić information content (AvgIpc) is 3.22. The molecule has 3 heterocycles. The summed E-state index contributed by atoms with van der Waals surface area (Å²) >= 11 is 0. The molecule has 1 N–H and O–H groups in total. The summed E-state index contributed by atoms with van der Waals surface area (Å²) in [5, 5.41) is 10.3. The van der Waals surface area contributed by atoms with E-state index in [0.717, 1.165) is 0 Å². The Morgan fingerprint density at radius 1 is 1.38 bits per heavy atom. The fourth-order valence-electron chi connectivity index (χ4n) is 2.74. The van der Waals surface area contributed by atoms with Crippen LogP contribution in [0.1, 0.15) is 22.2 Å². The lowest BCUT2D eigenvalue weighted by Crippen LogP contribution is -2.34. The van der Waals surface area contributed by atoms with Crippen molar-refractivity contribution in [3.63, 3.8) is 0 Å². The molecular formula is C17H16N2O5. The Labute approximate surface area is 138 Å².